The minimum Gasteiger partial charge on any atom is -0.465 e. The normalized spacial score (nSPS) is 25.0. The van der Waals surface area contributed by atoms with Crippen LogP contribution in [0.25, 0.3) is 0 Å². The zero-order chi connectivity index (χ0) is 95.8. The number of nitro benzene ring substituents is 3. The zero-order valence-electron chi connectivity index (χ0n) is 71.7. The number of carbonyl (C=O) groups excluding carboxylic acids is 3. The predicted molar refractivity (Wildman–Crippen MR) is 456 cm³/mol. The van der Waals surface area contributed by atoms with Crippen molar-refractivity contribution in [3.63, 3.8) is 0 Å². The Morgan fingerprint density at radius 2 is 0.808 bits per heavy atom. The maximum Gasteiger partial charge on any atom is 0.406 e. The third-order valence-electron chi connectivity index (χ3n) is 20.0. The van der Waals surface area contributed by atoms with Crippen molar-refractivity contribution in [1.82, 2.24) is 30.0 Å². The summed E-state index contributed by atoms with van der Waals surface area (Å²) in [5.74, 6) is -14.2. The summed E-state index contributed by atoms with van der Waals surface area (Å²) in [4.78, 5) is 83.3. The van der Waals surface area contributed by atoms with Gasteiger partial charge >= 0.3 is 58.9 Å². The van der Waals surface area contributed by atoms with E-state index in [0.29, 0.717) is 36.0 Å². The van der Waals surface area contributed by atoms with Crippen LogP contribution in [-0.4, -0.2) is 211 Å². The van der Waals surface area contributed by atoms with Gasteiger partial charge in [0.05, 0.1) is 66.1 Å². The number of aliphatic hydroxyl groups excluding tert-OH is 3. The van der Waals surface area contributed by atoms with Gasteiger partial charge in [-0.3, -0.25) is 71.9 Å². The number of unbranched alkanes of at least 4 members (excludes halogenated alkanes) is 1. The van der Waals surface area contributed by atoms with Crippen LogP contribution in [0.5, 0.6) is 0 Å². The molecule has 12 N–H and O–H groups in total. The molecule has 7 aliphatic rings. The summed E-state index contributed by atoms with van der Waals surface area (Å²) in [6, 6.07) is 11.9. The molecular formula is C79H110F6N15O27P3. The number of esters is 3. The second-order valence-corrected chi connectivity index (χ2v) is 36.7. The molecule has 720 valence electrons. The quantitative estimate of drug-likeness (QED) is 0.00489. The summed E-state index contributed by atoms with van der Waals surface area (Å²) >= 11 is 0. The van der Waals surface area contributed by atoms with E-state index >= 15 is 26.3 Å². The molecule has 0 aromatic heterocycles. The molecule has 18 atom stereocenters. The van der Waals surface area contributed by atoms with Gasteiger partial charge in [-0.05, 0) is 150 Å². The Bertz CT molecular complexity index is 4860. The smallest absolute Gasteiger partial charge is 0.406 e. The van der Waals surface area contributed by atoms with Crippen LogP contribution < -0.4 is 32.5 Å². The minimum absolute atomic E-state index is 0. The highest BCUT2D eigenvalue weighted by Crippen LogP contribution is 2.54. The third kappa shape index (κ3) is 28.6. The van der Waals surface area contributed by atoms with Crippen molar-refractivity contribution < 1.29 is 140 Å². The summed E-state index contributed by atoms with van der Waals surface area (Å²) in [6.07, 6.45) is -8.87. The highest BCUT2D eigenvalue weighted by Gasteiger charge is 2.64. The Balaban J connectivity index is 0.000000266. The van der Waals surface area contributed by atoms with Crippen molar-refractivity contribution in [1.29, 1.82) is 0 Å². The number of hydrogen-bond acceptors (Lipinski definition) is 36. The summed E-state index contributed by atoms with van der Waals surface area (Å²) in [5, 5.41) is 71.7. The van der Waals surface area contributed by atoms with E-state index < -0.39 is 185 Å². The number of ether oxygens (including phenoxy) is 6. The number of rotatable bonds is 38. The number of non-ortho nitro benzene ring substituents is 3. The molecule has 0 amide bonds. The second-order valence-electron chi connectivity index (χ2n) is 31.6. The average Bonchev–Trinajstić information content (AvgIpc) is 1.64. The van der Waals surface area contributed by atoms with E-state index in [1.54, 1.807) is 0 Å². The molecule has 3 aromatic carbocycles. The minimum atomic E-state index is -4.54. The molecule has 0 radical (unpaired) electrons. The van der Waals surface area contributed by atoms with E-state index in [-0.39, 0.29) is 84.2 Å². The van der Waals surface area contributed by atoms with Crippen LogP contribution in [0.1, 0.15) is 157 Å². The van der Waals surface area contributed by atoms with Gasteiger partial charge in [-0.15, -0.1) is 0 Å². The fourth-order valence-electron chi connectivity index (χ4n) is 12.8. The number of aliphatic hydroxyl groups is 3. The maximum absolute atomic E-state index is 15.1. The van der Waals surface area contributed by atoms with Crippen LogP contribution in [0.2, 0.25) is 0 Å². The predicted octanol–water partition coefficient (Wildman–Crippen LogP) is 11.9. The SMILES string of the molecule is C.C=C1N=C(N)C=CN1[C@@H]1O[C@H](COP(=O)(N[C@@H](C)C(=O)OC2CCCCC2)OC(C)c2ccc([N+](=O)[O-])cc2)C(O)C1(F)F.C=C1N=C(N)C=CN1[C@@H]1O[C@H](COP(=O)(N[C@@H](C)C(=O)OCC(C)(C)C)OC(C)c2ccc([N+](=O)[O-])cc2)C(O)C1(F)F.C=C1N=C(N)C=CN1[C@@H]1O[C@H](COP(=O)(N[C@@H](C)C(=O)OCCCC)OC(C)c2ccc([N+](=O)[O-])cc2)C(O)C1(F)F. The molecule has 9 unspecified atom stereocenters. The van der Waals surface area contributed by atoms with E-state index in [1.807, 2.05) is 27.7 Å². The molecule has 10 rings (SSSR count). The molecule has 42 nitrogen and oxygen atoms in total. The first-order chi connectivity index (χ1) is 60.2. The van der Waals surface area contributed by atoms with Crippen molar-refractivity contribution in [3.8, 4) is 0 Å². The molecule has 6 aliphatic heterocycles. The fourth-order valence-corrected chi connectivity index (χ4v) is 17.8. The molecule has 51 heteroatoms. The number of nitrogens with zero attached hydrogens (tertiary/aromatic N) is 9. The zero-order valence-corrected chi connectivity index (χ0v) is 74.4. The number of nitrogens with one attached hydrogen (secondary N) is 3. The highest BCUT2D eigenvalue weighted by molar-refractivity contribution is 7.52. The van der Waals surface area contributed by atoms with Crippen LogP contribution in [0.3, 0.4) is 0 Å². The largest absolute Gasteiger partial charge is 0.465 e. The molecule has 4 fully saturated rings. The van der Waals surface area contributed by atoms with Crippen LogP contribution in [0.4, 0.5) is 43.4 Å². The number of nitro groups is 3. The molecular weight excluding hydrogens is 1800 g/mol. The lowest BCUT2D eigenvalue weighted by Crippen LogP contribution is -2.47. The first-order valence-corrected chi connectivity index (χ1v) is 44.9. The van der Waals surface area contributed by atoms with Crippen molar-refractivity contribution in [3.05, 3.63) is 194 Å². The van der Waals surface area contributed by atoms with Crippen molar-refractivity contribution >= 4 is 75.7 Å². The Labute approximate surface area is 744 Å². The van der Waals surface area contributed by atoms with Crippen LogP contribution in [-0.2, 0) is 83.6 Å². The van der Waals surface area contributed by atoms with Crippen LogP contribution >= 0.6 is 23.2 Å². The van der Waals surface area contributed by atoms with Gasteiger partial charge in [-0.1, -0.05) is 67.7 Å². The van der Waals surface area contributed by atoms with Gasteiger partial charge in [0.25, 0.3) is 17.1 Å². The number of amidine groups is 3. The number of halogens is 6. The number of carbonyl (C=O) groups is 3. The Kier molecular flexibility index (Phi) is 37.6. The Hall–Kier alpha value is -9.81. The lowest BCUT2D eigenvalue weighted by molar-refractivity contribution is -0.385. The number of nitrogens with two attached hydrogens (primary N) is 3. The van der Waals surface area contributed by atoms with Crippen LogP contribution in [0.15, 0.2) is 162 Å². The van der Waals surface area contributed by atoms with E-state index in [1.165, 1.54) is 151 Å². The Morgan fingerprint density at radius 3 is 1.08 bits per heavy atom. The molecule has 3 saturated heterocycles. The molecule has 0 bridgehead atoms. The topological polar surface area (TPSA) is 564 Å². The average molecular weight is 1910 g/mol. The van der Waals surface area contributed by atoms with E-state index in [9.17, 15) is 73.7 Å². The highest BCUT2D eigenvalue weighted by atomic mass is 31.2. The van der Waals surface area contributed by atoms with E-state index in [4.69, 9.17) is 72.8 Å². The maximum atomic E-state index is 15.1. The van der Waals surface area contributed by atoms with Crippen molar-refractivity contribution in [2.45, 2.75) is 237 Å². The molecule has 0 spiro atoms. The van der Waals surface area contributed by atoms with Gasteiger partial charge in [0.2, 0.25) is 18.7 Å². The van der Waals surface area contributed by atoms with Crippen molar-refractivity contribution in [2.75, 3.05) is 33.0 Å². The first kappa shape index (κ1) is 107. The first-order valence-electron chi connectivity index (χ1n) is 40.2. The lowest BCUT2D eigenvalue weighted by atomic mass is 9.98. The van der Waals surface area contributed by atoms with Gasteiger partial charge in [0.15, 0.2) is 18.3 Å². The summed E-state index contributed by atoms with van der Waals surface area (Å²) in [6.45, 7) is 24.2. The summed E-state index contributed by atoms with van der Waals surface area (Å²) < 4.78 is 198. The second kappa shape index (κ2) is 45.5. The van der Waals surface area contributed by atoms with Crippen LogP contribution in [0, 0.1) is 35.8 Å². The molecule has 3 aromatic rings. The molecule has 1 aliphatic carbocycles. The molecule has 6 heterocycles. The van der Waals surface area contributed by atoms with Gasteiger partial charge < -0.3 is 75.6 Å². The summed E-state index contributed by atoms with van der Waals surface area (Å²) in [7, 11) is -13.6. The summed E-state index contributed by atoms with van der Waals surface area (Å²) in [5.41, 5.74) is 16.9. The Morgan fingerprint density at radius 1 is 0.523 bits per heavy atom. The lowest BCUT2D eigenvalue weighted by Gasteiger charge is -2.31. The molecule has 130 heavy (non-hydrogen) atoms. The standard InChI is InChI=1S/C27H36F2N5O9P.C26H36F2N5O9P.C25H34F2N5O9P.CH4/c1-16(25(36)41-21-7-5-4-6-8-21)32-44(39,43-17(2)19-9-11-20(12-10-19)34(37)38)40-15-22-24(35)27(28,29)26(42-22)33-14-13-23(30)31-18(33)3;1-15(23(35)39-14-25(4,5)6)31-43(38,42-16(2)18-7-9-19(10-8-18)33(36)37)40-13-20-22(34)26(27,28)24(41-20)32-12-11-21(29)30-17(32)3;1-5-6-13-38-23(34)15(2)30-42(37,41-16(3)18-7-9-19(10-8-18)32(35)36)39-14-20-22(33)25(26,27)24(40-20)31-12-11-21(28)29-17(31)4;/h9-14,16-17,21-22,24,26,35H,3-8,15H2,1-2H3,(H2,30,31)(H,32,39);7-12,15-16,20,22,24,34H,3,13-14H2,1-2,4-6H3,(H2,29,30)(H,31,38);7-12,15-16,20,22,24,33H,4-6,13-14H2,1-3H3,(H2,28,29)(H,30,37);1H4/t16-,17?,22+,24?,26+,44?;15-,16?,20+,22?,24+,43?;15-,16?,20+,22?,24+,42?;/m000./s1. The number of hydrogen-bond donors (Lipinski definition) is 9. The van der Waals surface area contributed by atoms with Crippen molar-refractivity contribution in [2.24, 2.45) is 37.6 Å². The fraction of sp³-hybridized carbons (Fsp3) is 0.544. The number of alkyl halides is 6. The number of aliphatic imine (C=N–C) groups is 3. The van der Waals surface area contributed by atoms with Gasteiger partial charge in [-0.25, -0.2) is 43.9 Å². The van der Waals surface area contributed by atoms with E-state index in [0.717, 1.165) is 40.4 Å². The monoisotopic (exact) mass is 1910 g/mol. The van der Waals surface area contributed by atoms with E-state index in [2.05, 4.69) is 50.0 Å². The van der Waals surface area contributed by atoms with Gasteiger partial charge in [0.1, 0.15) is 77.5 Å². The number of benzene rings is 3. The van der Waals surface area contributed by atoms with Gasteiger partial charge in [0, 0.05) is 55.0 Å². The third-order valence-corrected chi connectivity index (χ3v) is 25.3. The molecule has 1 saturated carbocycles. The van der Waals surface area contributed by atoms with Gasteiger partial charge in [-0.2, -0.15) is 26.3 Å².